The van der Waals surface area contributed by atoms with E-state index in [9.17, 15) is 0 Å². The third-order valence-electron chi connectivity index (χ3n) is 4.35. The van der Waals surface area contributed by atoms with Crippen LogP contribution in [0, 0.1) is 5.41 Å². The van der Waals surface area contributed by atoms with Gasteiger partial charge in [-0.15, -0.1) is 0 Å². The van der Waals surface area contributed by atoms with Gasteiger partial charge in [0.2, 0.25) is 0 Å². The molecule has 0 aromatic rings. The van der Waals surface area contributed by atoms with E-state index >= 15 is 0 Å². The first-order valence-corrected chi connectivity index (χ1v) is 9.69. The van der Waals surface area contributed by atoms with Gasteiger partial charge in [0.15, 0.2) is 0 Å². The van der Waals surface area contributed by atoms with Gasteiger partial charge in [-0.1, -0.05) is 0 Å². The minimum absolute atomic E-state index is 0. The van der Waals surface area contributed by atoms with Crippen LogP contribution >= 0.6 is 11.8 Å². The van der Waals surface area contributed by atoms with Gasteiger partial charge >= 0.3 is 147 Å². The summed E-state index contributed by atoms with van der Waals surface area (Å²) in [5, 5.41) is 0. The molecular weight excluding hydrogens is 379 g/mol. The van der Waals surface area contributed by atoms with Gasteiger partial charge in [0.05, 0.1) is 0 Å². The average Bonchev–Trinajstić information content (AvgIpc) is 2.77. The molecule has 2 aliphatic rings. The number of rotatable bonds is 4. The Kier molecular flexibility index (Phi) is 9.59. The minimum atomic E-state index is 0. The number of hydrogen-bond donors (Lipinski definition) is 0. The molecule has 0 N–H and O–H groups in total. The largest absolute Gasteiger partial charge is 1.00 e. The Morgan fingerprint density at radius 1 is 1.26 bits per heavy atom. The zero-order valence-corrected chi connectivity index (χ0v) is 18.7. The van der Waals surface area contributed by atoms with Crippen molar-refractivity contribution >= 4 is 11.8 Å². The van der Waals surface area contributed by atoms with Crippen LogP contribution in [0.25, 0.3) is 0 Å². The number of allylic oxidation sites excluding steroid dienone is 7. The summed E-state index contributed by atoms with van der Waals surface area (Å²) >= 11 is 4.44. The molecule has 0 radical (unpaired) electrons. The maximum atomic E-state index is 2.46. The SMILES string of the molecule is CCSC1(CC2=[C]([Ti+2])CC=C2)CC=C(C)C=C1C(C)(C)C.[Cl-].[Cl-]. The Balaban J connectivity index is 0.00000242. The van der Waals surface area contributed by atoms with Crippen molar-refractivity contribution in [3.63, 3.8) is 0 Å². The van der Waals surface area contributed by atoms with E-state index in [1.54, 1.807) is 15.0 Å². The summed E-state index contributed by atoms with van der Waals surface area (Å²) in [7, 11) is 0. The molecular formula is C19H27Cl2STi. The third kappa shape index (κ3) is 5.54. The molecule has 0 bridgehead atoms. The first-order valence-electron chi connectivity index (χ1n) is 7.92. The van der Waals surface area contributed by atoms with Crippen molar-refractivity contribution in [2.75, 3.05) is 5.75 Å². The second-order valence-corrected chi connectivity index (χ2v) is 9.76. The fourth-order valence-electron chi connectivity index (χ4n) is 3.41. The predicted octanol–water partition coefficient (Wildman–Crippen LogP) is -0.0403. The maximum absolute atomic E-state index is 2.46. The Labute approximate surface area is 170 Å². The Hall–Kier alpha value is 0.604. The number of thioether (sulfide) groups is 1. The van der Waals surface area contributed by atoms with E-state index in [1.807, 2.05) is 0 Å². The van der Waals surface area contributed by atoms with Crippen LogP contribution in [-0.4, -0.2) is 10.5 Å². The predicted molar refractivity (Wildman–Crippen MR) is 92.2 cm³/mol. The molecule has 0 fully saturated rings. The van der Waals surface area contributed by atoms with E-state index < -0.39 is 0 Å². The van der Waals surface area contributed by atoms with Crippen molar-refractivity contribution in [2.24, 2.45) is 5.41 Å². The van der Waals surface area contributed by atoms with E-state index in [1.165, 1.54) is 24.2 Å². The van der Waals surface area contributed by atoms with Crippen LogP contribution in [-0.2, 0) is 20.4 Å². The molecule has 0 aliphatic heterocycles. The molecule has 0 heterocycles. The second-order valence-electron chi connectivity index (χ2n) is 7.17. The molecule has 0 spiro atoms. The third-order valence-corrected chi connectivity index (χ3v) is 6.54. The Morgan fingerprint density at radius 3 is 2.39 bits per heavy atom. The Bertz CT molecular complexity index is 538. The molecule has 2 rings (SSSR count). The fourth-order valence-corrected chi connectivity index (χ4v) is 5.39. The first-order chi connectivity index (χ1) is 9.78. The van der Waals surface area contributed by atoms with Crippen LogP contribution < -0.4 is 24.8 Å². The van der Waals surface area contributed by atoms with Gasteiger partial charge in [-0.25, -0.2) is 0 Å². The summed E-state index contributed by atoms with van der Waals surface area (Å²) < 4.78 is 1.81. The molecule has 0 saturated carbocycles. The van der Waals surface area contributed by atoms with Crippen LogP contribution in [0.4, 0.5) is 0 Å². The summed E-state index contributed by atoms with van der Waals surface area (Å²) in [6, 6.07) is 0. The molecule has 127 valence electrons. The topological polar surface area (TPSA) is 0 Å². The molecule has 0 aromatic carbocycles. The monoisotopic (exact) mass is 405 g/mol. The summed E-state index contributed by atoms with van der Waals surface area (Å²) in [6.45, 7) is 11.6. The van der Waals surface area contributed by atoms with Crippen molar-refractivity contribution < 1.29 is 45.2 Å². The van der Waals surface area contributed by atoms with Crippen LogP contribution in [0.3, 0.4) is 0 Å². The van der Waals surface area contributed by atoms with Crippen molar-refractivity contribution in [1.82, 2.24) is 0 Å². The standard InChI is InChI=1S/C19H27S.2ClH.Ti/c1-6-20-19(14-16-9-7-8-10-16)12-11-15(2)13-17(19)18(3,4)5;;;/h7,9,11,13H,6,8,12,14H2,1-5H3;2*1H;/q;;;+2/p-2. The first kappa shape index (κ1) is 23.6. The zero-order chi connectivity index (χ0) is 15.7. The van der Waals surface area contributed by atoms with E-state index in [-0.39, 0.29) is 35.0 Å². The van der Waals surface area contributed by atoms with Crippen LogP contribution in [0.1, 0.15) is 53.9 Å². The van der Waals surface area contributed by atoms with Gasteiger partial charge < -0.3 is 24.8 Å². The molecule has 0 saturated heterocycles. The van der Waals surface area contributed by atoms with E-state index in [4.69, 9.17) is 0 Å². The molecule has 23 heavy (non-hydrogen) atoms. The van der Waals surface area contributed by atoms with Crippen LogP contribution in [0.15, 0.2) is 44.9 Å². The summed E-state index contributed by atoms with van der Waals surface area (Å²) in [4.78, 5) is 0. The van der Waals surface area contributed by atoms with Crippen molar-refractivity contribution in [1.29, 1.82) is 0 Å². The zero-order valence-electron chi connectivity index (χ0n) is 14.8. The van der Waals surface area contributed by atoms with Crippen molar-refractivity contribution in [2.45, 2.75) is 58.6 Å². The fraction of sp³-hybridized carbons (Fsp3) is 0.579. The van der Waals surface area contributed by atoms with Crippen LogP contribution in [0.5, 0.6) is 0 Å². The van der Waals surface area contributed by atoms with E-state index in [0.29, 0.717) is 0 Å². The maximum Gasteiger partial charge on any atom is -1.00 e. The Morgan fingerprint density at radius 2 is 1.91 bits per heavy atom. The second kappa shape index (κ2) is 9.34. The van der Waals surface area contributed by atoms with E-state index in [0.717, 1.165) is 6.42 Å². The number of hydrogen-bond acceptors (Lipinski definition) is 1. The van der Waals surface area contributed by atoms with Gasteiger partial charge in [-0.2, -0.15) is 0 Å². The average molecular weight is 406 g/mol. The molecule has 0 nitrogen and oxygen atoms in total. The molecule has 0 aromatic heterocycles. The quantitative estimate of drug-likeness (QED) is 0.591. The van der Waals surface area contributed by atoms with E-state index in [2.05, 4.69) is 91.1 Å². The van der Waals surface area contributed by atoms with Gasteiger partial charge in [-0.3, -0.25) is 0 Å². The summed E-state index contributed by atoms with van der Waals surface area (Å²) in [6.07, 6.45) is 13.1. The van der Waals surface area contributed by atoms with Crippen molar-refractivity contribution in [3.05, 3.63) is 44.9 Å². The summed E-state index contributed by atoms with van der Waals surface area (Å²) in [5.41, 5.74) is 4.86. The van der Waals surface area contributed by atoms with Crippen LogP contribution in [0.2, 0.25) is 0 Å². The smallest absolute Gasteiger partial charge is 1.00 e. The van der Waals surface area contributed by atoms with Gasteiger partial charge in [0.1, 0.15) is 0 Å². The number of halogens is 2. The van der Waals surface area contributed by atoms with Crippen molar-refractivity contribution in [3.8, 4) is 0 Å². The molecule has 1 atom stereocenters. The van der Waals surface area contributed by atoms with Gasteiger partial charge in [0.25, 0.3) is 0 Å². The molecule has 4 heteroatoms. The molecule has 1 unspecified atom stereocenters. The molecule has 2 aliphatic carbocycles. The molecule has 0 amide bonds. The minimum Gasteiger partial charge on any atom is -1.00 e. The van der Waals surface area contributed by atoms with Gasteiger partial charge in [-0.05, 0) is 0 Å². The van der Waals surface area contributed by atoms with Gasteiger partial charge in [0, 0.05) is 0 Å². The normalized spacial score (nSPS) is 24.0. The summed E-state index contributed by atoms with van der Waals surface area (Å²) in [5.74, 6) is 1.18.